The molecule has 3 aromatic carbocycles. The van der Waals surface area contributed by atoms with Crippen LogP contribution in [0.3, 0.4) is 0 Å². The predicted octanol–water partition coefficient (Wildman–Crippen LogP) is 7.26. The number of rotatable bonds is 4. The van der Waals surface area contributed by atoms with E-state index in [1.807, 2.05) is 92.7 Å². The zero-order valence-electron chi connectivity index (χ0n) is 17.9. The van der Waals surface area contributed by atoms with E-state index in [1.54, 1.807) is 12.1 Å². The van der Waals surface area contributed by atoms with Gasteiger partial charge in [0.2, 0.25) is 0 Å². The van der Waals surface area contributed by atoms with Gasteiger partial charge in [0.05, 0.1) is 11.4 Å². The SMILES string of the molecule is CC1=CC(C)=N/C1=C(/c1ccccc1)c1c(-c2ccccc2)c2ccccc2n1B(F)F. The molecular formula is C27H21BF2N2. The van der Waals surface area contributed by atoms with Gasteiger partial charge in [0.25, 0.3) is 0 Å². The van der Waals surface area contributed by atoms with Crippen molar-refractivity contribution in [1.82, 2.24) is 4.48 Å². The van der Waals surface area contributed by atoms with Gasteiger partial charge in [0, 0.05) is 27.8 Å². The zero-order valence-corrected chi connectivity index (χ0v) is 17.9. The number of halogens is 2. The van der Waals surface area contributed by atoms with Crippen molar-refractivity contribution in [2.45, 2.75) is 13.8 Å². The highest BCUT2D eigenvalue weighted by molar-refractivity contribution is 6.44. The molecule has 156 valence electrons. The van der Waals surface area contributed by atoms with Gasteiger partial charge in [-0.25, -0.2) is 0 Å². The molecule has 0 radical (unpaired) electrons. The Balaban J connectivity index is 2.00. The molecule has 32 heavy (non-hydrogen) atoms. The maximum Gasteiger partial charge on any atom is 0.678 e. The molecule has 0 bridgehead atoms. The number of nitrogens with zero attached hydrogens (tertiary/aromatic N) is 2. The van der Waals surface area contributed by atoms with Gasteiger partial charge in [-0.2, -0.15) is 0 Å². The van der Waals surface area contributed by atoms with E-state index in [0.29, 0.717) is 16.8 Å². The molecule has 0 saturated carbocycles. The fraction of sp³-hybridized carbons (Fsp3) is 0.0741. The third kappa shape index (κ3) is 3.30. The van der Waals surface area contributed by atoms with Crippen molar-refractivity contribution in [2.24, 2.45) is 4.99 Å². The second kappa shape index (κ2) is 8.08. The summed E-state index contributed by atoms with van der Waals surface area (Å²) < 4.78 is 30.6. The van der Waals surface area contributed by atoms with Crippen molar-refractivity contribution in [2.75, 3.05) is 0 Å². The molecule has 0 N–H and O–H groups in total. The Morgan fingerprint density at radius 1 is 0.812 bits per heavy atom. The van der Waals surface area contributed by atoms with Gasteiger partial charge in [0.1, 0.15) is 0 Å². The molecule has 0 saturated heterocycles. The topological polar surface area (TPSA) is 17.3 Å². The average molecular weight is 422 g/mol. The molecule has 5 heteroatoms. The van der Waals surface area contributed by atoms with Crippen LogP contribution < -0.4 is 0 Å². The quantitative estimate of drug-likeness (QED) is 0.308. The van der Waals surface area contributed by atoms with Crippen LogP contribution in [0.5, 0.6) is 0 Å². The smallest absolute Gasteiger partial charge is 0.324 e. The van der Waals surface area contributed by atoms with Crippen molar-refractivity contribution in [1.29, 1.82) is 0 Å². The van der Waals surface area contributed by atoms with E-state index in [2.05, 4.69) is 0 Å². The van der Waals surface area contributed by atoms with Crippen molar-refractivity contribution >= 4 is 29.6 Å². The van der Waals surface area contributed by atoms with Crippen LogP contribution in [0.25, 0.3) is 27.6 Å². The summed E-state index contributed by atoms with van der Waals surface area (Å²) in [7, 11) is -2.71. The molecule has 1 aliphatic heterocycles. The summed E-state index contributed by atoms with van der Waals surface area (Å²) in [5.41, 5.74) is 6.81. The second-order valence-corrected chi connectivity index (χ2v) is 7.92. The summed E-state index contributed by atoms with van der Waals surface area (Å²) in [6.07, 6.45) is 2.00. The molecular weight excluding hydrogens is 401 g/mol. The van der Waals surface area contributed by atoms with Gasteiger partial charge < -0.3 is 4.48 Å². The molecule has 5 rings (SSSR count). The number of benzene rings is 3. The Bertz CT molecular complexity index is 1400. The monoisotopic (exact) mass is 422 g/mol. The Morgan fingerprint density at radius 3 is 2.06 bits per heavy atom. The summed E-state index contributed by atoms with van der Waals surface area (Å²) in [6, 6.07) is 26.8. The standard InChI is InChI=1S/C27H21BF2N2/c1-18-17-19(2)31-26(18)25(21-13-7-4-8-14-21)27-24(20-11-5-3-6-12-20)22-15-9-10-16-23(22)32(27)28(29)30/h3-17H,1-2H3/b26-25-. The number of allylic oxidation sites excluding steroid dienone is 2. The Morgan fingerprint density at radius 2 is 1.44 bits per heavy atom. The van der Waals surface area contributed by atoms with Crippen LogP contribution in [-0.4, -0.2) is 17.6 Å². The molecule has 4 aromatic rings. The minimum atomic E-state index is -2.71. The van der Waals surface area contributed by atoms with Gasteiger partial charge in [0.15, 0.2) is 0 Å². The van der Waals surface area contributed by atoms with E-state index in [0.717, 1.165) is 43.5 Å². The Labute approximate surface area is 186 Å². The highest BCUT2D eigenvalue weighted by Gasteiger charge is 2.32. The summed E-state index contributed by atoms with van der Waals surface area (Å²) in [5.74, 6) is 0. The van der Waals surface area contributed by atoms with E-state index in [-0.39, 0.29) is 0 Å². The lowest BCUT2D eigenvalue weighted by atomic mass is 9.91. The van der Waals surface area contributed by atoms with E-state index >= 15 is 0 Å². The first kappa shape index (κ1) is 20.2. The second-order valence-electron chi connectivity index (χ2n) is 7.92. The van der Waals surface area contributed by atoms with Gasteiger partial charge in [-0.3, -0.25) is 13.6 Å². The van der Waals surface area contributed by atoms with E-state index in [1.165, 1.54) is 0 Å². The van der Waals surface area contributed by atoms with Gasteiger partial charge in [-0.05, 0) is 42.7 Å². The molecule has 0 spiro atoms. The lowest BCUT2D eigenvalue weighted by Crippen LogP contribution is -2.17. The lowest BCUT2D eigenvalue weighted by Gasteiger charge is -2.17. The van der Waals surface area contributed by atoms with E-state index < -0.39 is 7.40 Å². The molecule has 1 aliphatic rings. The van der Waals surface area contributed by atoms with Crippen molar-refractivity contribution in [3.05, 3.63) is 114 Å². The van der Waals surface area contributed by atoms with E-state index in [9.17, 15) is 8.63 Å². The van der Waals surface area contributed by atoms with Crippen LogP contribution in [0.1, 0.15) is 25.1 Å². The highest BCUT2D eigenvalue weighted by atomic mass is 19.2. The largest absolute Gasteiger partial charge is 0.678 e. The van der Waals surface area contributed by atoms with Crippen LogP contribution in [0.2, 0.25) is 0 Å². The van der Waals surface area contributed by atoms with Crippen molar-refractivity contribution < 1.29 is 8.63 Å². The van der Waals surface area contributed by atoms with E-state index in [4.69, 9.17) is 4.99 Å². The molecule has 2 heterocycles. The van der Waals surface area contributed by atoms with Crippen LogP contribution in [0.4, 0.5) is 8.63 Å². The lowest BCUT2D eigenvalue weighted by molar-refractivity contribution is 0.633. The molecule has 0 amide bonds. The van der Waals surface area contributed by atoms with Crippen LogP contribution >= 0.6 is 0 Å². The molecule has 0 atom stereocenters. The molecule has 2 nitrogen and oxygen atoms in total. The number of aromatic nitrogens is 1. The normalized spacial score (nSPS) is 15.0. The third-order valence-electron chi connectivity index (χ3n) is 5.79. The summed E-state index contributed by atoms with van der Waals surface area (Å²) in [4.78, 5) is 4.77. The fourth-order valence-corrected chi connectivity index (χ4v) is 4.53. The highest BCUT2D eigenvalue weighted by Crippen LogP contribution is 2.44. The van der Waals surface area contributed by atoms with Crippen LogP contribution in [0, 0.1) is 0 Å². The predicted molar refractivity (Wildman–Crippen MR) is 130 cm³/mol. The first-order valence-corrected chi connectivity index (χ1v) is 10.6. The van der Waals surface area contributed by atoms with Gasteiger partial charge in [-0.15, -0.1) is 0 Å². The molecule has 0 fully saturated rings. The minimum Gasteiger partial charge on any atom is -0.324 e. The van der Waals surface area contributed by atoms with Crippen LogP contribution in [-0.2, 0) is 0 Å². The summed E-state index contributed by atoms with van der Waals surface area (Å²) in [5, 5.41) is 0.795. The maximum absolute atomic E-state index is 14.7. The summed E-state index contributed by atoms with van der Waals surface area (Å²) >= 11 is 0. The zero-order chi connectivity index (χ0) is 22.2. The molecule has 0 aliphatic carbocycles. The van der Waals surface area contributed by atoms with Crippen molar-refractivity contribution in [3.8, 4) is 11.1 Å². The first-order valence-electron chi connectivity index (χ1n) is 10.6. The van der Waals surface area contributed by atoms with Crippen LogP contribution in [0.15, 0.2) is 107 Å². The van der Waals surface area contributed by atoms with Crippen molar-refractivity contribution in [3.63, 3.8) is 0 Å². The Hall–Kier alpha value is -3.73. The number of aliphatic imine (C=N–C) groups is 1. The number of fused-ring (bicyclic) bond motifs is 1. The number of hydrogen-bond donors (Lipinski definition) is 0. The molecule has 1 aromatic heterocycles. The molecule has 0 unspecified atom stereocenters. The number of hydrogen-bond acceptors (Lipinski definition) is 1. The average Bonchev–Trinajstić information content (AvgIpc) is 3.32. The third-order valence-corrected chi connectivity index (χ3v) is 5.79. The van der Waals surface area contributed by atoms with Gasteiger partial charge >= 0.3 is 7.40 Å². The van der Waals surface area contributed by atoms with Gasteiger partial charge in [-0.1, -0.05) is 78.9 Å². The minimum absolute atomic E-state index is 0.486. The summed E-state index contributed by atoms with van der Waals surface area (Å²) in [6.45, 7) is 3.91. The first-order chi connectivity index (χ1) is 15.6. The Kier molecular flexibility index (Phi) is 5.10. The fourth-order valence-electron chi connectivity index (χ4n) is 4.53. The number of para-hydroxylation sites is 1. The maximum atomic E-state index is 14.7.